The second kappa shape index (κ2) is 9.21. The van der Waals surface area contributed by atoms with Crippen molar-refractivity contribution < 1.29 is 4.74 Å². The van der Waals surface area contributed by atoms with E-state index in [4.69, 9.17) is 4.74 Å². The van der Waals surface area contributed by atoms with E-state index in [0.29, 0.717) is 5.90 Å². The zero-order valence-corrected chi connectivity index (χ0v) is 8.43. The summed E-state index contributed by atoms with van der Waals surface area (Å²) in [6, 6.07) is 0. The lowest BCUT2D eigenvalue weighted by Gasteiger charge is -1.92. The van der Waals surface area contributed by atoms with Crippen LogP contribution in [0.2, 0.25) is 0 Å². The van der Waals surface area contributed by atoms with Crippen LogP contribution < -0.4 is 0 Å². The number of nitrogens with zero attached hydrogens (tertiary/aromatic N) is 1. The molecular formula is C9H19NO. The summed E-state index contributed by atoms with van der Waals surface area (Å²) in [5, 5.41) is 0. The minimum absolute atomic E-state index is 0.691. The molecule has 0 saturated carbocycles. The van der Waals surface area contributed by atoms with Gasteiger partial charge >= 0.3 is 0 Å². The highest BCUT2D eigenvalue weighted by Crippen LogP contribution is 1.89. The van der Waals surface area contributed by atoms with Crippen LogP contribution in [-0.2, 0) is 4.74 Å². The molecule has 0 fully saturated rings. The van der Waals surface area contributed by atoms with E-state index in [1.165, 1.54) is 5.57 Å². The van der Waals surface area contributed by atoms with E-state index in [1.54, 1.807) is 13.3 Å². The van der Waals surface area contributed by atoms with Gasteiger partial charge in [-0.1, -0.05) is 19.4 Å². The summed E-state index contributed by atoms with van der Waals surface area (Å²) in [5.41, 5.74) is 1.17. The summed E-state index contributed by atoms with van der Waals surface area (Å²) in [5.74, 6) is 0.691. The highest BCUT2D eigenvalue weighted by Gasteiger charge is 1.79. The van der Waals surface area contributed by atoms with Crippen molar-refractivity contribution in [2.75, 3.05) is 7.11 Å². The van der Waals surface area contributed by atoms with Crippen molar-refractivity contribution in [3.05, 3.63) is 11.8 Å². The second-order valence-electron chi connectivity index (χ2n) is 2.06. The van der Waals surface area contributed by atoms with Gasteiger partial charge in [0.05, 0.1) is 7.11 Å². The first-order valence-corrected chi connectivity index (χ1v) is 3.88. The third-order valence-corrected chi connectivity index (χ3v) is 0.800. The number of ether oxygens (including phenoxy) is 1. The van der Waals surface area contributed by atoms with Gasteiger partial charge in [0.15, 0.2) is 5.90 Å². The quantitative estimate of drug-likeness (QED) is 0.423. The first-order valence-electron chi connectivity index (χ1n) is 3.88. The molecule has 0 rings (SSSR count). The van der Waals surface area contributed by atoms with Gasteiger partial charge in [0, 0.05) is 13.1 Å². The molecule has 0 aromatic rings. The smallest absolute Gasteiger partial charge is 0.184 e. The van der Waals surface area contributed by atoms with Gasteiger partial charge in [-0.25, -0.2) is 4.99 Å². The van der Waals surface area contributed by atoms with Gasteiger partial charge in [-0.2, -0.15) is 0 Å². The summed E-state index contributed by atoms with van der Waals surface area (Å²) in [7, 11) is 1.61. The number of hydrogen-bond donors (Lipinski definition) is 0. The van der Waals surface area contributed by atoms with Crippen LogP contribution in [-0.4, -0.2) is 13.0 Å². The van der Waals surface area contributed by atoms with Crippen LogP contribution in [0.5, 0.6) is 0 Å². The van der Waals surface area contributed by atoms with Crippen molar-refractivity contribution in [1.82, 2.24) is 0 Å². The molecule has 0 spiro atoms. The molecule has 0 aliphatic heterocycles. The predicted molar refractivity (Wildman–Crippen MR) is 50.9 cm³/mol. The molecule has 0 amide bonds. The molecule has 0 aliphatic rings. The van der Waals surface area contributed by atoms with Crippen molar-refractivity contribution in [3.63, 3.8) is 0 Å². The van der Waals surface area contributed by atoms with E-state index in [9.17, 15) is 0 Å². The van der Waals surface area contributed by atoms with Crippen LogP contribution in [0.15, 0.2) is 16.8 Å². The van der Waals surface area contributed by atoms with Gasteiger partial charge < -0.3 is 4.74 Å². The largest absolute Gasteiger partial charge is 0.484 e. The molecule has 2 heteroatoms. The van der Waals surface area contributed by atoms with Crippen molar-refractivity contribution in [1.29, 1.82) is 0 Å². The van der Waals surface area contributed by atoms with Crippen molar-refractivity contribution in [3.8, 4) is 0 Å². The maximum Gasteiger partial charge on any atom is 0.184 e. The number of aliphatic imine (C=N–C) groups is 1. The summed E-state index contributed by atoms with van der Waals surface area (Å²) in [4.78, 5) is 3.97. The lowest BCUT2D eigenvalue weighted by atomic mass is 10.4. The Hall–Kier alpha value is -0.790. The van der Waals surface area contributed by atoms with E-state index in [0.717, 1.165) is 0 Å². The normalized spacial score (nSPS) is 9.45. The minimum Gasteiger partial charge on any atom is -0.484 e. The summed E-state index contributed by atoms with van der Waals surface area (Å²) >= 11 is 0. The minimum atomic E-state index is 0.691. The molecule has 0 radical (unpaired) electrons. The Labute approximate surface area is 70.0 Å². The van der Waals surface area contributed by atoms with Crippen LogP contribution in [0.4, 0.5) is 0 Å². The second-order valence-corrected chi connectivity index (χ2v) is 2.06. The Morgan fingerprint density at radius 1 is 1.18 bits per heavy atom. The first kappa shape index (κ1) is 12.8. The molecule has 66 valence electrons. The third kappa shape index (κ3) is 12.4. The number of rotatable bonds is 1. The summed E-state index contributed by atoms with van der Waals surface area (Å²) in [6.45, 7) is 9.80. The maximum atomic E-state index is 4.81. The molecule has 0 atom stereocenters. The lowest BCUT2D eigenvalue weighted by Crippen LogP contribution is -1.91. The number of methoxy groups -OCH3 is 1. The first-order chi connectivity index (χ1) is 5.16. The van der Waals surface area contributed by atoms with E-state index in [1.807, 2.05) is 34.6 Å². The van der Waals surface area contributed by atoms with Crippen molar-refractivity contribution in [2.45, 2.75) is 34.6 Å². The van der Waals surface area contributed by atoms with E-state index >= 15 is 0 Å². The Bertz CT molecular complexity index is 132. The SMILES string of the molecule is CC.COC(C)=NC=C(C)C. The average molecular weight is 157 g/mol. The highest BCUT2D eigenvalue weighted by atomic mass is 16.5. The van der Waals surface area contributed by atoms with Gasteiger partial charge in [0.2, 0.25) is 0 Å². The van der Waals surface area contributed by atoms with Crippen LogP contribution in [0, 0.1) is 0 Å². The van der Waals surface area contributed by atoms with Gasteiger partial charge in [0.1, 0.15) is 0 Å². The molecule has 0 aromatic heterocycles. The van der Waals surface area contributed by atoms with Gasteiger partial charge in [-0.3, -0.25) is 0 Å². The topological polar surface area (TPSA) is 21.6 Å². The molecule has 0 N–H and O–H groups in total. The Balaban J connectivity index is 0. The lowest BCUT2D eigenvalue weighted by molar-refractivity contribution is 0.400. The van der Waals surface area contributed by atoms with Crippen molar-refractivity contribution in [2.24, 2.45) is 4.99 Å². The van der Waals surface area contributed by atoms with Gasteiger partial charge in [-0.15, -0.1) is 0 Å². The van der Waals surface area contributed by atoms with E-state index in [-0.39, 0.29) is 0 Å². The summed E-state index contributed by atoms with van der Waals surface area (Å²) in [6.07, 6.45) is 1.78. The zero-order chi connectivity index (χ0) is 9.28. The fourth-order valence-electron chi connectivity index (χ4n) is 0.273. The maximum absolute atomic E-state index is 4.81. The monoisotopic (exact) mass is 157 g/mol. The molecule has 0 saturated heterocycles. The molecule has 0 bridgehead atoms. The van der Waals surface area contributed by atoms with Crippen LogP contribution >= 0.6 is 0 Å². The van der Waals surface area contributed by atoms with Crippen LogP contribution in [0.3, 0.4) is 0 Å². The van der Waals surface area contributed by atoms with Gasteiger partial charge in [-0.05, 0) is 13.8 Å². The van der Waals surface area contributed by atoms with Gasteiger partial charge in [0.25, 0.3) is 0 Å². The number of hydrogen-bond acceptors (Lipinski definition) is 2. The fraction of sp³-hybridized carbons (Fsp3) is 0.667. The Morgan fingerprint density at radius 2 is 1.64 bits per heavy atom. The molecule has 0 unspecified atom stereocenters. The molecular weight excluding hydrogens is 138 g/mol. The summed E-state index contributed by atoms with van der Waals surface area (Å²) < 4.78 is 4.81. The average Bonchev–Trinajstić information content (AvgIpc) is 2.04. The molecule has 2 nitrogen and oxygen atoms in total. The van der Waals surface area contributed by atoms with Crippen LogP contribution in [0.1, 0.15) is 34.6 Å². The Kier molecular flexibility index (Phi) is 10.8. The third-order valence-electron chi connectivity index (χ3n) is 0.800. The standard InChI is InChI=1S/C7H13NO.C2H6/c1-6(2)5-8-7(3)9-4;1-2/h5H,1-4H3;1-2H3. The Morgan fingerprint density at radius 3 is 1.91 bits per heavy atom. The van der Waals surface area contributed by atoms with Crippen molar-refractivity contribution >= 4 is 5.90 Å². The fourth-order valence-corrected chi connectivity index (χ4v) is 0.273. The molecule has 0 aliphatic carbocycles. The predicted octanol–water partition coefficient (Wildman–Crippen LogP) is 3.00. The molecule has 0 heterocycles. The number of allylic oxidation sites excluding steroid dienone is 1. The van der Waals surface area contributed by atoms with Crippen LogP contribution in [0.25, 0.3) is 0 Å². The zero-order valence-electron chi connectivity index (χ0n) is 8.43. The van der Waals surface area contributed by atoms with E-state index in [2.05, 4.69) is 4.99 Å². The highest BCUT2D eigenvalue weighted by molar-refractivity contribution is 5.73. The molecule has 11 heavy (non-hydrogen) atoms. The van der Waals surface area contributed by atoms with E-state index < -0.39 is 0 Å². The molecule has 0 aromatic carbocycles.